The summed E-state index contributed by atoms with van der Waals surface area (Å²) in [6, 6.07) is 3.64. The molecule has 1 atom stereocenters. The molecule has 1 amide bonds. The van der Waals surface area contributed by atoms with Crippen molar-refractivity contribution in [1.82, 2.24) is 4.90 Å². The van der Waals surface area contributed by atoms with Crippen molar-refractivity contribution >= 4 is 17.6 Å². The zero-order chi connectivity index (χ0) is 14.7. The molecular formula is C14H17FN2O3. The Bertz CT molecular complexity index is 533. The molecule has 0 unspecified atom stereocenters. The number of benzene rings is 1. The summed E-state index contributed by atoms with van der Waals surface area (Å²) < 4.78 is 18.8. The first-order chi connectivity index (χ1) is 9.56. The number of anilines is 1. The molecule has 5 nitrogen and oxygen atoms in total. The average molecular weight is 280 g/mol. The summed E-state index contributed by atoms with van der Waals surface area (Å²) in [7, 11) is 0. The fourth-order valence-corrected chi connectivity index (χ4v) is 2.36. The van der Waals surface area contributed by atoms with Crippen LogP contribution in [0.4, 0.5) is 10.1 Å². The standard InChI is InChI=1S/C14H17FN2O3/c1-2-20-14(19)11-7-4-8-17(11)13(18)9-5-3-6-10(16)12(9)15/h3,5-6,11H,2,4,7-8,16H2,1H3/t11-/m0/s1. The van der Waals surface area contributed by atoms with Crippen molar-refractivity contribution in [2.75, 3.05) is 18.9 Å². The lowest BCUT2D eigenvalue weighted by atomic mass is 10.1. The monoisotopic (exact) mass is 280 g/mol. The molecular weight excluding hydrogens is 263 g/mol. The molecule has 1 fully saturated rings. The van der Waals surface area contributed by atoms with Gasteiger partial charge in [-0.05, 0) is 31.9 Å². The third kappa shape index (κ3) is 2.59. The summed E-state index contributed by atoms with van der Waals surface area (Å²) in [6.07, 6.45) is 1.23. The molecule has 1 heterocycles. The zero-order valence-electron chi connectivity index (χ0n) is 11.3. The van der Waals surface area contributed by atoms with Gasteiger partial charge in [0.05, 0.1) is 17.9 Å². The lowest BCUT2D eigenvalue weighted by Crippen LogP contribution is -2.41. The third-order valence-electron chi connectivity index (χ3n) is 3.33. The van der Waals surface area contributed by atoms with Crippen molar-refractivity contribution < 1.29 is 18.7 Å². The second kappa shape index (κ2) is 5.90. The second-order valence-electron chi connectivity index (χ2n) is 4.62. The maximum Gasteiger partial charge on any atom is 0.328 e. The van der Waals surface area contributed by atoms with E-state index < -0.39 is 23.7 Å². The number of carbonyl (C=O) groups excluding carboxylic acids is 2. The van der Waals surface area contributed by atoms with Gasteiger partial charge in [0.15, 0.2) is 5.82 Å². The minimum atomic E-state index is -0.744. The highest BCUT2D eigenvalue weighted by Crippen LogP contribution is 2.24. The van der Waals surface area contributed by atoms with E-state index in [2.05, 4.69) is 0 Å². The normalized spacial score (nSPS) is 18.1. The largest absolute Gasteiger partial charge is 0.464 e. The molecule has 0 radical (unpaired) electrons. The number of likely N-dealkylation sites (tertiary alicyclic amines) is 1. The Morgan fingerprint density at radius 2 is 2.25 bits per heavy atom. The predicted octanol–water partition coefficient (Wildman–Crippen LogP) is 1.58. The Morgan fingerprint density at radius 1 is 1.50 bits per heavy atom. The molecule has 1 aromatic rings. The fourth-order valence-electron chi connectivity index (χ4n) is 2.36. The number of carbonyl (C=O) groups is 2. The highest BCUT2D eigenvalue weighted by Gasteiger charge is 2.36. The summed E-state index contributed by atoms with van der Waals surface area (Å²) >= 11 is 0. The Hall–Kier alpha value is -2.11. The van der Waals surface area contributed by atoms with E-state index in [0.717, 1.165) is 0 Å². The van der Waals surface area contributed by atoms with Crippen molar-refractivity contribution in [2.45, 2.75) is 25.8 Å². The smallest absolute Gasteiger partial charge is 0.328 e. The van der Waals surface area contributed by atoms with Crippen molar-refractivity contribution in [3.63, 3.8) is 0 Å². The van der Waals surface area contributed by atoms with E-state index in [0.29, 0.717) is 19.4 Å². The number of nitrogen functional groups attached to an aromatic ring is 1. The zero-order valence-corrected chi connectivity index (χ0v) is 11.3. The van der Waals surface area contributed by atoms with E-state index in [1.54, 1.807) is 6.92 Å². The summed E-state index contributed by atoms with van der Waals surface area (Å²) in [4.78, 5) is 25.5. The maximum atomic E-state index is 13.9. The quantitative estimate of drug-likeness (QED) is 0.674. The van der Waals surface area contributed by atoms with Gasteiger partial charge in [-0.3, -0.25) is 4.79 Å². The van der Waals surface area contributed by atoms with Gasteiger partial charge in [-0.2, -0.15) is 0 Å². The van der Waals surface area contributed by atoms with Crippen molar-refractivity contribution in [3.05, 3.63) is 29.6 Å². The Labute approximate surface area is 116 Å². The van der Waals surface area contributed by atoms with Crippen LogP contribution in [0.25, 0.3) is 0 Å². The van der Waals surface area contributed by atoms with E-state index in [9.17, 15) is 14.0 Å². The van der Waals surface area contributed by atoms with Crippen LogP contribution in [0.1, 0.15) is 30.1 Å². The van der Waals surface area contributed by atoms with Crippen molar-refractivity contribution in [2.24, 2.45) is 0 Å². The first-order valence-electron chi connectivity index (χ1n) is 6.57. The van der Waals surface area contributed by atoms with Crippen LogP contribution in [-0.4, -0.2) is 36.0 Å². The minimum Gasteiger partial charge on any atom is -0.464 e. The highest BCUT2D eigenvalue weighted by atomic mass is 19.1. The number of halogens is 1. The van der Waals surface area contributed by atoms with Crippen LogP contribution in [0.2, 0.25) is 0 Å². The van der Waals surface area contributed by atoms with Gasteiger partial charge in [0.25, 0.3) is 5.91 Å². The SMILES string of the molecule is CCOC(=O)[C@@H]1CCCN1C(=O)c1cccc(N)c1F. The molecule has 2 rings (SSSR count). The second-order valence-corrected chi connectivity index (χ2v) is 4.62. The van der Waals surface area contributed by atoms with Crippen LogP contribution in [0, 0.1) is 5.82 Å². The molecule has 2 N–H and O–H groups in total. The minimum absolute atomic E-state index is 0.0808. The lowest BCUT2D eigenvalue weighted by Gasteiger charge is -2.23. The van der Waals surface area contributed by atoms with Crippen molar-refractivity contribution in [3.8, 4) is 0 Å². The van der Waals surface area contributed by atoms with Gasteiger partial charge in [0, 0.05) is 6.54 Å². The van der Waals surface area contributed by atoms with Crippen LogP contribution < -0.4 is 5.73 Å². The number of hydrogen-bond acceptors (Lipinski definition) is 4. The maximum absolute atomic E-state index is 13.9. The summed E-state index contributed by atoms with van der Waals surface area (Å²) in [5.74, 6) is -1.71. The predicted molar refractivity (Wildman–Crippen MR) is 71.5 cm³/mol. The van der Waals surface area contributed by atoms with Gasteiger partial charge in [-0.25, -0.2) is 9.18 Å². The molecule has 108 valence electrons. The summed E-state index contributed by atoms with van der Waals surface area (Å²) in [6.45, 7) is 2.37. The number of nitrogens with zero attached hydrogens (tertiary/aromatic N) is 1. The van der Waals surface area contributed by atoms with Gasteiger partial charge < -0.3 is 15.4 Å². The first-order valence-corrected chi connectivity index (χ1v) is 6.57. The molecule has 0 spiro atoms. The number of ether oxygens (including phenoxy) is 1. The molecule has 1 aromatic carbocycles. The fraction of sp³-hybridized carbons (Fsp3) is 0.429. The topological polar surface area (TPSA) is 72.6 Å². The highest BCUT2D eigenvalue weighted by molar-refractivity contribution is 5.98. The Kier molecular flexibility index (Phi) is 4.22. The van der Waals surface area contributed by atoms with Gasteiger partial charge in [-0.1, -0.05) is 6.07 Å². The first kappa shape index (κ1) is 14.3. The molecule has 0 aliphatic carbocycles. The Balaban J connectivity index is 2.23. The molecule has 0 saturated carbocycles. The van der Waals surface area contributed by atoms with Crippen LogP contribution in [0.15, 0.2) is 18.2 Å². The summed E-state index contributed by atoms with van der Waals surface area (Å²) in [5.41, 5.74) is 5.27. The van der Waals surface area contributed by atoms with E-state index in [1.807, 2.05) is 0 Å². The summed E-state index contributed by atoms with van der Waals surface area (Å²) in [5, 5.41) is 0. The molecule has 1 aliphatic heterocycles. The molecule has 0 bridgehead atoms. The number of nitrogens with two attached hydrogens (primary N) is 1. The van der Waals surface area contributed by atoms with E-state index >= 15 is 0 Å². The average Bonchev–Trinajstić information content (AvgIpc) is 2.91. The van der Waals surface area contributed by atoms with E-state index in [4.69, 9.17) is 10.5 Å². The van der Waals surface area contributed by atoms with Gasteiger partial charge >= 0.3 is 5.97 Å². The van der Waals surface area contributed by atoms with Gasteiger partial charge in [0.2, 0.25) is 0 Å². The Morgan fingerprint density at radius 3 is 2.95 bits per heavy atom. The number of amides is 1. The molecule has 0 aromatic heterocycles. The molecule has 6 heteroatoms. The van der Waals surface area contributed by atoms with Crippen molar-refractivity contribution in [1.29, 1.82) is 0 Å². The van der Waals surface area contributed by atoms with Gasteiger partial charge in [0.1, 0.15) is 6.04 Å². The van der Waals surface area contributed by atoms with Gasteiger partial charge in [-0.15, -0.1) is 0 Å². The third-order valence-corrected chi connectivity index (χ3v) is 3.33. The van der Waals surface area contributed by atoms with Crippen LogP contribution in [0.5, 0.6) is 0 Å². The number of esters is 1. The molecule has 20 heavy (non-hydrogen) atoms. The number of rotatable bonds is 3. The van der Waals surface area contributed by atoms with Crippen LogP contribution >= 0.6 is 0 Å². The van der Waals surface area contributed by atoms with Crippen LogP contribution in [-0.2, 0) is 9.53 Å². The lowest BCUT2D eigenvalue weighted by molar-refractivity contribution is -0.147. The molecule has 1 saturated heterocycles. The van der Waals surface area contributed by atoms with E-state index in [1.165, 1.54) is 23.1 Å². The van der Waals surface area contributed by atoms with E-state index in [-0.39, 0.29) is 17.9 Å². The van der Waals surface area contributed by atoms with Crippen LogP contribution in [0.3, 0.4) is 0 Å². The molecule has 1 aliphatic rings. The number of hydrogen-bond donors (Lipinski definition) is 1.